The van der Waals surface area contributed by atoms with Crippen LogP contribution in [0, 0.1) is 11.8 Å². The second kappa shape index (κ2) is 4.63. The molecule has 0 fully saturated rings. The molecule has 0 amide bonds. The van der Waals surface area contributed by atoms with E-state index in [2.05, 4.69) is 56.7 Å². The van der Waals surface area contributed by atoms with Gasteiger partial charge in [-0.2, -0.15) is 5.10 Å². The standard InChI is InChI=1S/C12H22N2/c1-9(2)8-12-6-7-14(13-12)11(5)10(3)4/h6-7,9-11H,8H2,1-5H3. The van der Waals surface area contributed by atoms with Gasteiger partial charge in [-0.15, -0.1) is 0 Å². The maximum atomic E-state index is 4.59. The SMILES string of the molecule is CC(C)Cc1ccn(C(C)C(C)C)n1. The summed E-state index contributed by atoms with van der Waals surface area (Å²) in [4.78, 5) is 0. The van der Waals surface area contributed by atoms with Gasteiger partial charge in [0.15, 0.2) is 0 Å². The maximum absolute atomic E-state index is 4.59. The van der Waals surface area contributed by atoms with Crippen molar-refractivity contribution in [1.82, 2.24) is 9.78 Å². The summed E-state index contributed by atoms with van der Waals surface area (Å²) >= 11 is 0. The maximum Gasteiger partial charge on any atom is 0.0627 e. The average molecular weight is 194 g/mol. The molecule has 0 radical (unpaired) electrons. The number of aromatic nitrogens is 2. The van der Waals surface area contributed by atoms with E-state index in [1.807, 2.05) is 0 Å². The summed E-state index contributed by atoms with van der Waals surface area (Å²) in [5.74, 6) is 1.33. The molecule has 14 heavy (non-hydrogen) atoms. The first-order valence-corrected chi connectivity index (χ1v) is 5.54. The van der Waals surface area contributed by atoms with Gasteiger partial charge in [0.25, 0.3) is 0 Å². The second-order valence-electron chi connectivity index (χ2n) is 4.87. The van der Waals surface area contributed by atoms with E-state index in [9.17, 15) is 0 Å². The molecule has 0 aromatic carbocycles. The molecular weight excluding hydrogens is 172 g/mol. The van der Waals surface area contributed by atoms with Gasteiger partial charge in [0.05, 0.1) is 11.7 Å². The summed E-state index contributed by atoms with van der Waals surface area (Å²) in [6, 6.07) is 2.63. The van der Waals surface area contributed by atoms with Crippen LogP contribution >= 0.6 is 0 Å². The van der Waals surface area contributed by atoms with Gasteiger partial charge >= 0.3 is 0 Å². The van der Waals surface area contributed by atoms with Gasteiger partial charge in [-0.05, 0) is 31.2 Å². The molecule has 1 aromatic rings. The molecule has 80 valence electrons. The normalized spacial score (nSPS) is 13.9. The molecular formula is C12H22N2. The largest absolute Gasteiger partial charge is 0.269 e. The molecule has 0 bridgehead atoms. The van der Waals surface area contributed by atoms with Gasteiger partial charge in [0, 0.05) is 6.20 Å². The van der Waals surface area contributed by atoms with Crippen molar-refractivity contribution in [3.05, 3.63) is 18.0 Å². The minimum atomic E-state index is 0.496. The van der Waals surface area contributed by atoms with Gasteiger partial charge in [0.1, 0.15) is 0 Å². The zero-order valence-corrected chi connectivity index (χ0v) is 9.99. The molecule has 0 aliphatic heterocycles. The van der Waals surface area contributed by atoms with Gasteiger partial charge in [-0.1, -0.05) is 27.7 Å². The average Bonchev–Trinajstić information content (AvgIpc) is 2.50. The fourth-order valence-electron chi connectivity index (χ4n) is 1.44. The first-order valence-electron chi connectivity index (χ1n) is 5.54. The van der Waals surface area contributed by atoms with Crippen LogP contribution in [0.3, 0.4) is 0 Å². The molecule has 0 spiro atoms. The van der Waals surface area contributed by atoms with Gasteiger partial charge < -0.3 is 0 Å². The van der Waals surface area contributed by atoms with E-state index in [1.54, 1.807) is 0 Å². The summed E-state index contributed by atoms with van der Waals surface area (Å²) in [6.45, 7) is 11.1. The molecule has 1 rings (SSSR count). The van der Waals surface area contributed by atoms with Crippen molar-refractivity contribution in [2.75, 3.05) is 0 Å². The van der Waals surface area contributed by atoms with Crippen LogP contribution in [0.2, 0.25) is 0 Å². The van der Waals surface area contributed by atoms with E-state index in [1.165, 1.54) is 5.69 Å². The van der Waals surface area contributed by atoms with Gasteiger partial charge in [-0.25, -0.2) is 0 Å². The van der Waals surface area contributed by atoms with Crippen LogP contribution in [0.1, 0.15) is 46.4 Å². The quantitative estimate of drug-likeness (QED) is 0.719. The lowest BCUT2D eigenvalue weighted by Crippen LogP contribution is -2.12. The molecule has 1 heterocycles. The van der Waals surface area contributed by atoms with Crippen molar-refractivity contribution in [2.24, 2.45) is 11.8 Å². The summed E-state index contributed by atoms with van der Waals surface area (Å²) in [7, 11) is 0. The highest BCUT2D eigenvalue weighted by atomic mass is 15.3. The van der Waals surface area contributed by atoms with E-state index in [0.29, 0.717) is 17.9 Å². The summed E-state index contributed by atoms with van der Waals surface area (Å²) in [5.41, 5.74) is 1.22. The molecule has 0 aliphatic rings. The fraction of sp³-hybridized carbons (Fsp3) is 0.750. The summed E-state index contributed by atoms with van der Waals surface area (Å²) < 4.78 is 2.09. The highest BCUT2D eigenvalue weighted by Crippen LogP contribution is 2.16. The number of hydrogen-bond donors (Lipinski definition) is 0. The Hall–Kier alpha value is -0.790. The highest BCUT2D eigenvalue weighted by molar-refractivity contribution is 5.00. The Morgan fingerprint density at radius 1 is 1.21 bits per heavy atom. The molecule has 0 saturated heterocycles. The molecule has 0 aliphatic carbocycles. The van der Waals surface area contributed by atoms with Crippen LogP contribution in [0.15, 0.2) is 12.3 Å². The van der Waals surface area contributed by atoms with E-state index < -0.39 is 0 Å². The van der Waals surface area contributed by atoms with Crippen molar-refractivity contribution >= 4 is 0 Å². The molecule has 0 N–H and O–H groups in total. The third-order valence-electron chi connectivity index (χ3n) is 2.66. The predicted octanol–water partition coefficient (Wildman–Crippen LogP) is 3.30. The Kier molecular flexibility index (Phi) is 3.73. The minimum absolute atomic E-state index is 0.496. The third-order valence-corrected chi connectivity index (χ3v) is 2.66. The van der Waals surface area contributed by atoms with E-state index >= 15 is 0 Å². The Bertz CT molecular complexity index is 274. The van der Waals surface area contributed by atoms with E-state index in [4.69, 9.17) is 0 Å². The summed E-state index contributed by atoms with van der Waals surface area (Å²) in [6.07, 6.45) is 3.18. The molecule has 2 nitrogen and oxygen atoms in total. The van der Waals surface area contributed by atoms with Crippen molar-refractivity contribution in [2.45, 2.75) is 47.1 Å². The monoisotopic (exact) mass is 194 g/mol. The topological polar surface area (TPSA) is 17.8 Å². The zero-order chi connectivity index (χ0) is 10.7. The molecule has 1 atom stereocenters. The van der Waals surface area contributed by atoms with Crippen molar-refractivity contribution < 1.29 is 0 Å². The molecule has 1 aromatic heterocycles. The van der Waals surface area contributed by atoms with Crippen LogP contribution in [-0.4, -0.2) is 9.78 Å². The Morgan fingerprint density at radius 3 is 2.36 bits per heavy atom. The molecule has 2 heteroatoms. The Morgan fingerprint density at radius 2 is 1.86 bits per heavy atom. The van der Waals surface area contributed by atoms with Gasteiger partial charge in [-0.3, -0.25) is 4.68 Å². The van der Waals surface area contributed by atoms with Crippen LogP contribution < -0.4 is 0 Å². The van der Waals surface area contributed by atoms with Crippen LogP contribution in [0.4, 0.5) is 0 Å². The second-order valence-corrected chi connectivity index (χ2v) is 4.87. The minimum Gasteiger partial charge on any atom is -0.269 e. The van der Waals surface area contributed by atoms with Crippen molar-refractivity contribution in [1.29, 1.82) is 0 Å². The Labute approximate surface area is 87.3 Å². The lowest BCUT2D eigenvalue weighted by atomic mass is 10.1. The van der Waals surface area contributed by atoms with Crippen molar-refractivity contribution in [3.63, 3.8) is 0 Å². The molecule has 0 saturated carbocycles. The fourth-order valence-corrected chi connectivity index (χ4v) is 1.44. The highest BCUT2D eigenvalue weighted by Gasteiger charge is 2.10. The first-order chi connectivity index (χ1) is 6.50. The first kappa shape index (κ1) is 11.3. The van der Waals surface area contributed by atoms with Crippen molar-refractivity contribution in [3.8, 4) is 0 Å². The van der Waals surface area contributed by atoms with Crippen LogP contribution in [-0.2, 0) is 6.42 Å². The summed E-state index contributed by atoms with van der Waals surface area (Å²) in [5, 5.41) is 4.59. The predicted molar refractivity (Wildman–Crippen MR) is 60.3 cm³/mol. The smallest absolute Gasteiger partial charge is 0.0627 e. The van der Waals surface area contributed by atoms with E-state index in [0.717, 1.165) is 6.42 Å². The zero-order valence-electron chi connectivity index (χ0n) is 9.99. The van der Waals surface area contributed by atoms with Gasteiger partial charge in [0.2, 0.25) is 0 Å². The number of rotatable bonds is 4. The lowest BCUT2D eigenvalue weighted by Gasteiger charge is -2.15. The van der Waals surface area contributed by atoms with E-state index in [-0.39, 0.29) is 0 Å². The number of hydrogen-bond acceptors (Lipinski definition) is 1. The lowest BCUT2D eigenvalue weighted by molar-refractivity contribution is 0.372. The third kappa shape index (κ3) is 2.86. The van der Waals surface area contributed by atoms with Crippen LogP contribution in [0.25, 0.3) is 0 Å². The number of nitrogens with zero attached hydrogens (tertiary/aromatic N) is 2. The Balaban J connectivity index is 2.67. The molecule has 1 unspecified atom stereocenters. The van der Waals surface area contributed by atoms with Crippen LogP contribution in [0.5, 0.6) is 0 Å².